The van der Waals surface area contributed by atoms with Gasteiger partial charge in [0.05, 0.1) is 4.88 Å². The van der Waals surface area contributed by atoms with Crippen molar-refractivity contribution in [3.63, 3.8) is 0 Å². The van der Waals surface area contributed by atoms with Gasteiger partial charge in [0.1, 0.15) is 4.99 Å². The summed E-state index contributed by atoms with van der Waals surface area (Å²) in [5.41, 5.74) is 7.14. The Kier molecular flexibility index (Phi) is 3.97. The highest BCUT2D eigenvalue weighted by atomic mass is 32.1. The van der Waals surface area contributed by atoms with Crippen molar-refractivity contribution in [2.75, 3.05) is 11.9 Å². The van der Waals surface area contributed by atoms with Crippen LogP contribution in [0.3, 0.4) is 0 Å². The van der Waals surface area contributed by atoms with Crippen molar-refractivity contribution in [1.82, 2.24) is 0 Å². The Bertz CT molecular complexity index is 634. The zero-order chi connectivity index (χ0) is 14.0. The first-order valence-corrected chi connectivity index (χ1v) is 6.96. The van der Waals surface area contributed by atoms with Crippen molar-refractivity contribution < 1.29 is 4.79 Å². The maximum atomic E-state index is 12.3. The van der Waals surface area contributed by atoms with E-state index in [1.54, 1.807) is 11.9 Å². The first-order chi connectivity index (χ1) is 8.99. The first kappa shape index (κ1) is 13.7. The molecule has 2 rings (SSSR count). The van der Waals surface area contributed by atoms with Gasteiger partial charge in [-0.25, -0.2) is 0 Å². The van der Waals surface area contributed by atoms with Gasteiger partial charge in [-0.05, 0) is 31.2 Å². The second-order valence-electron chi connectivity index (χ2n) is 4.19. The van der Waals surface area contributed by atoms with Crippen molar-refractivity contribution in [2.45, 2.75) is 6.92 Å². The van der Waals surface area contributed by atoms with Crippen LogP contribution in [-0.2, 0) is 0 Å². The topological polar surface area (TPSA) is 46.3 Å². The first-order valence-electron chi connectivity index (χ1n) is 5.73. The van der Waals surface area contributed by atoms with Gasteiger partial charge in [-0.1, -0.05) is 24.4 Å². The number of amides is 1. The largest absolute Gasteiger partial charge is 0.389 e. The van der Waals surface area contributed by atoms with Crippen LogP contribution in [0.15, 0.2) is 36.4 Å². The summed E-state index contributed by atoms with van der Waals surface area (Å²) in [6.07, 6.45) is 0. The van der Waals surface area contributed by atoms with Gasteiger partial charge in [0, 0.05) is 23.2 Å². The molecule has 0 saturated heterocycles. The van der Waals surface area contributed by atoms with E-state index in [0.717, 1.165) is 21.0 Å². The minimum absolute atomic E-state index is 0.0295. The van der Waals surface area contributed by atoms with E-state index in [1.165, 1.54) is 11.3 Å². The number of carbonyl (C=O) groups is 1. The lowest BCUT2D eigenvalue weighted by Crippen LogP contribution is -2.25. The van der Waals surface area contributed by atoms with Crippen LogP contribution >= 0.6 is 23.6 Å². The molecule has 0 unspecified atom stereocenters. The number of nitrogens with two attached hydrogens (primary N) is 1. The standard InChI is InChI=1S/C14H14N2OS2/c1-9-6-7-12(19-9)14(17)16(2)11-5-3-4-10(8-11)13(15)18/h3-8H,1-2H3,(H2,15,18). The molecule has 19 heavy (non-hydrogen) atoms. The van der Waals surface area contributed by atoms with E-state index in [4.69, 9.17) is 18.0 Å². The van der Waals surface area contributed by atoms with Gasteiger partial charge in [0.2, 0.25) is 0 Å². The van der Waals surface area contributed by atoms with Crippen molar-refractivity contribution in [2.24, 2.45) is 5.73 Å². The number of aryl methyl sites for hydroxylation is 1. The molecule has 2 aromatic rings. The number of anilines is 1. The highest BCUT2D eigenvalue weighted by molar-refractivity contribution is 7.80. The quantitative estimate of drug-likeness (QED) is 0.884. The molecule has 3 nitrogen and oxygen atoms in total. The van der Waals surface area contributed by atoms with Gasteiger partial charge in [0.25, 0.3) is 5.91 Å². The molecular formula is C14H14N2OS2. The summed E-state index contributed by atoms with van der Waals surface area (Å²) >= 11 is 6.43. The molecule has 5 heteroatoms. The fourth-order valence-electron chi connectivity index (χ4n) is 1.70. The van der Waals surface area contributed by atoms with Crippen LogP contribution < -0.4 is 10.6 Å². The number of thiophene rings is 1. The highest BCUT2D eigenvalue weighted by Gasteiger charge is 2.15. The van der Waals surface area contributed by atoms with Gasteiger partial charge >= 0.3 is 0 Å². The second kappa shape index (κ2) is 5.50. The highest BCUT2D eigenvalue weighted by Crippen LogP contribution is 2.21. The second-order valence-corrected chi connectivity index (χ2v) is 5.92. The normalized spacial score (nSPS) is 10.2. The van der Waals surface area contributed by atoms with E-state index in [9.17, 15) is 4.79 Å². The Morgan fingerprint density at radius 2 is 2.05 bits per heavy atom. The number of rotatable bonds is 3. The number of thiocarbonyl (C=S) groups is 1. The Hall–Kier alpha value is -1.72. The minimum Gasteiger partial charge on any atom is -0.389 e. The van der Waals surface area contributed by atoms with E-state index in [-0.39, 0.29) is 5.91 Å². The van der Waals surface area contributed by atoms with Crippen LogP contribution in [-0.4, -0.2) is 17.9 Å². The van der Waals surface area contributed by atoms with E-state index in [2.05, 4.69) is 0 Å². The van der Waals surface area contributed by atoms with E-state index >= 15 is 0 Å². The summed E-state index contributed by atoms with van der Waals surface area (Å²) in [5, 5.41) is 0. The van der Waals surface area contributed by atoms with Crippen molar-refractivity contribution >= 4 is 40.1 Å². The number of benzene rings is 1. The fraction of sp³-hybridized carbons (Fsp3) is 0.143. The molecule has 1 aromatic heterocycles. The van der Waals surface area contributed by atoms with Crippen LogP contribution in [0.5, 0.6) is 0 Å². The molecule has 2 N–H and O–H groups in total. The van der Waals surface area contributed by atoms with Crippen LogP contribution in [0.4, 0.5) is 5.69 Å². The van der Waals surface area contributed by atoms with Gasteiger partial charge in [-0.15, -0.1) is 11.3 Å². The van der Waals surface area contributed by atoms with Gasteiger partial charge in [0.15, 0.2) is 0 Å². The molecule has 98 valence electrons. The lowest BCUT2D eigenvalue weighted by molar-refractivity contribution is 0.0997. The molecule has 1 aromatic carbocycles. The summed E-state index contributed by atoms with van der Waals surface area (Å²) < 4.78 is 0. The predicted octanol–water partition coefficient (Wildman–Crippen LogP) is 2.97. The average molecular weight is 290 g/mol. The maximum Gasteiger partial charge on any atom is 0.268 e. The molecule has 0 aliphatic heterocycles. The van der Waals surface area contributed by atoms with Crippen molar-refractivity contribution in [1.29, 1.82) is 0 Å². The maximum absolute atomic E-state index is 12.3. The molecule has 0 saturated carbocycles. The zero-order valence-electron chi connectivity index (χ0n) is 10.7. The van der Waals surface area contributed by atoms with Gasteiger partial charge < -0.3 is 10.6 Å². The summed E-state index contributed by atoms with van der Waals surface area (Å²) in [6, 6.07) is 11.1. The van der Waals surface area contributed by atoms with E-state index < -0.39 is 0 Å². The Morgan fingerprint density at radius 1 is 1.32 bits per heavy atom. The van der Waals surface area contributed by atoms with E-state index in [0.29, 0.717) is 4.99 Å². The molecule has 0 radical (unpaired) electrons. The summed E-state index contributed by atoms with van der Waals surface area (Å²) in [6.45, 7) is 1.98. The third kappa shape index (κ3) is 3.00. The Morgan fingerprint density at radius 3 is 2.63 bits per heavy atom. The molecule has 1 amide bonds. The molecule has 0 aliphatic carbocycles. The number of carbonyl (C=O) groups excluding carboxylic acids is 1. The van der Waals surface area contributed by atoms with Crippen molar-refractivity contribution in [3.05, 3.63) is 51.7 Å². The fourth-order valence-corrected chi connectivity index (χ4v) is 2.67. The molecular weight excluding hydrogens is 276 g/mol. The number of hydrogen-bond acceptors (Lipinski definition) is 3. The predicted molar refractivity (Wildman–Crippen MR) is 84.1 cm³/mol. The smallest absolute Gasteiger partial charge is 0.268 e. The minimum atomic E-state index is -0.0295. The third-order valence-electron chi connectivity index (χ3n) is 2.77. The number of hydrogen-bond donors (Lipinski definition) is 1. The van der Waals surface area contributed by atoms with Crippen LogP contribution in [0.25, 0.3) is 0 Å². The molecule has 0 bridgehead atoms. The summed E-state index contributed by atoms with van der Waals surface area (Å²) in [7, 11) is 1.75. The Balaban J connectivity index is 2.28. The van der Waals surface area contributed by atoms with Gasteiger partial charge in [-0.2, -0.15) is 0 Å². The molecule has 1 heterocycles. The lowest BCUT2D eigenvalue weighted by atomic mass is 10.2. The molecule has 0 atom stereocenters. The third-order valence-corrected chi connectivity index (χ3v) is 4.00. The van der Waals surface area contributed by atoms with Crippen LogP contribution in [0, 0.1) is 6.92 Å². The average Bonchev–Trinajstić information content (AvgIpc) is 2.84. The van der Waals surface area contributed by atoms with Crippen molar-refractivity contribution in [3.8, 4) is 0 Å². The molecule has 0 fully saturated rings. The summed E-state index contributed by atoms with van der Waals surface area (Å²) in [5.74, 6) is -0.0295. The zero-order valence-corrected chi connectivity index (χ0v) is 12.3. The monoisotopic (exact) mass is 290 g/mol. The van der Waals surface area contributed by atoms with Crippen LogP contribution in [0.2, 0.25) is 0 Å². The van der Waals surface area contributed by atoms with Gasteiger partial charge in [-0.3, -0.25) is 4.79 Å². The molecule has 0 spiro atoms. The van der Waals surface area contributed by atoms with Crippen LogP contribution in [0.1, 0.15) is 20.1 Å². The lowest BCUT2D eigenvalue weighted by Gasteiger charge is -2.17. The SMILES string of the molecule is Cc1ccc(C(=O)N(C)c2cccc(C(N)=S)c2)s1. The van der Waals surface area contributed by atoms with E-state index in [1.807, 2.05) is 43.3 Å². The number of nitrogens with zero attached hydrogens (tertiary/aromatic N) is 1. The summed E-state index contributed by atoms with van der Waals surface area (Å²) in [4.78, 5) is 16.1. The molecule has 0 aliphatic rings. The Labute approximate surface area is 121 Å².